The molecule has 0 spiro atoms. The van der Waals surface area contributed by atoms with Gasteiger partial charge in [0.15, 0.2) is 0 Å². The smallest absolute Gasteiger partial charge is 0.305 e. The van der Waals surface area contributed by atoms with Crippen LogP contribution in [0.4, 0.5) is 0 Å². The van der Waals surface area contributed by atoms with E-state index in [2.05, 4.69) is 43.5 Å². The van der Waals surface area contributed by atoms with Crippen LogP contribution in [0, 0.1) is 0 Å². The van der Waals surface area contributed by atoms with Gasteiger partial charge in [-0.2, -0.15) is 0 Å². The molecule has 388 valence electrons. The number of aliphatic hydroxyl groups excluding tert-OH is 2. The number of nitrogens with one attached hydrogen (secondary N) is 1. The lowest BCUT2D eigenvalue weighted by Gasteiger charge is -2.20. The van der Waals surface area contributed by atoms with Crippen molar-refractivity contribution in [2.75, 3.05) is 13.2 Å². The van der Waals surface area contributed by atoms with Crippen LogP contribution in [0.3, 0.4) is 0 Å². The van der Waals surface area contributed by atoms with Gasteiger partial charge in [0, 0.05) is 12.8 Å². The van der Waals surface area contributed by atoms with Crippen LogP contribution in [-0.4, -0.2) is 47.4 Å². The fourth-order valence-electron chi connectivity index (χ4n) is 8.90. The Kier molecular flexibility index (Phi) is 54.1. The highest BCUT2D eigenvalue weighted by molar-refractivity contribution is 5.76. The number of carbonyl (C=O) groups excluding carboxylic acids is 2. The third-order valence-electron chi connectivity index (χ3n) is 13.4. The molecule has 0 aliphatic heterocycles. The summed E-state index contributed by atoms with van der Waals surface area (Å²) in [5, 5.41) is 23.1. The Morgan fingerprint density at radius 3 is 1.15 bits per heavy atom. The molecule has 0 heterocycles. The van der Waals surface area contributed by atoms with Crippen LogP contribution in [0.2, 0.25) is 0 Å². The van der Waals surface area contributed by atoms with Crippen LogP contribution < -0.4 is 5.32 Å². The van der Waals surface area contributed by atoms with E-state index in [1.54, 1.807) is 6.08 Å². The number of allylic oxidation sites excluding steroid dienone is 5. The van der Waals surface area contributed by atoms with Gasteiger partial charge in [0.2, 0.25) is 5.91 Å². The van der Waals surface area contributed by atoms with Crippen molar-refractivity contribution in [1.29, 1.82) is 0 Å². The largest absolute Gasteiger partial charge is 0.466 e. The number of amides is 1. The summed E-state index contributed by atoms with van der Waals surface area (Å²) < 4.78 is 5.47. The lowest BCUT2D eigenvalue weighted by molar-refractivity contribution is -0.143. The second-order valence-electron chi connectivity index (χ2n) is 20.0. The summed E-state index contributed by atoms with van der Waals surface area (Å²) in [5.41, 5.74) is 0. The van der Waals surface area contributed by atoms with E-state index in [0.717, 1.165) is 83.5 Å². The summed E-state index contributed by atoms with van der Waals surface area (Å²) in [6.07, 6.45) is 68.8. The topological polar surface area (TPSA) is 95.9 Å². The van der Waals surface area contributed by atoms with Gasteiger partial charge in [-0.1, -0.05) is 262 Å². The maximum absolute atomic E-state index is 12.4. The van der Waals surface area contributed by atoms with Crippen molar-refractivity contribution in [3.63, 3.8) is 0 Å². The summed E-state index contributed by atoms with van der Waals surface area (Å²) in [4.78, 5) is 24.5. The molecule has 6 nitrogen and oxygen atoms in total. The number of rotatable bonds is 54. The van der Waals surface area contributed by atoms with E-state index in [9.17, 15) is 19.8 Å². The number of ether oxygens (including phenoxy) is 1. The van der Waals surface area contributed by atoms with Crippen LogP contribution in [0.5, 0.6) is 0 Å². The summed E-state index contributed by atoms with van der Waals surface area (Å²) >= 11 is 0. The molecule has 0 aliphatic carbocycles. The first-order valence-corrected chi connectivity index (χ1v) is 29.3. The molecule has 0 bridgehead atoms. The molecule has 0 saturated carbocycles. The third-order valence-corrected chi connectivity index (χ3v) is 13.4. The number of aliphatic hydroxyl groups is 2. The lowest BCUT2D eigenvalue weighted by Crippen LogP contribution is -2.45. The summed E-state index contributed by atoms with van der Waals surface area (Å²) in [6, 6.07) is -0.640. The van der Waals surface area contributed by atoms with E-state index in [1.165, 1.54) is 199 Å². The quantitative estimate of drug-likeness (QED) is 0.0321. The van der Waals surface area contributed by atoms with Gasteiger partial charge in [-0.15, -0.1) is 0 Å². The Morgan fingerprint density at radius 2 is 0.758 bits per heavy atom. The third kappa shape index (κ3) is 51.5. The highest BCUT2D eigenvalue weighted by Gasteiger charge is 2.18. The van der Waals surface area contributed by atoms with Gasteiger partial charge in [-0.05, 0) is 70.6 Å². The van der Waals surface area contributed by atoms with Crippen molar-refractivity contribution in [2.45, 2.75) is 321 Å². The first kappa shape index (κ1) is 64.1. The zero-order valence-electron chi connectivity index (χ0n) is 44.2. The number of hydrogen-bond donors (Lipinski definition) is 3. The number of carbonyl (C=O) groups is 2. The van der Waals surface area contributed by atoms with E-state index in [-0.39, 0.29) is 18.5 Å². The molecule has 66 heavy (non-hydrogen) atoms. The standard InChI is InChI=1S/C60H113NO5/c1-3-5-7-9-11-13-15-17-19-20-23-26-30-34-38-42-46-50-54-60(65)66-55-51-47-43-39-35-31-27-24-21-22-25-29-33-37-41-45-49-53-59(64)61-57(56-62)58(63)52-48-44-40-36-32-28-18-16-14-12-10-8-6-4-2/h21,24,31,35,48,52,57-58,62-63H,3-20,22-23,25-30,32-34,36-47,49-51,53-56H2,1-2H3,(H,61,64)/b24-21-,35-31-,52-48+. The molecule has 0 aromatic carbocycles. The first-order chi connectivity index (χ1) is 32.5. The molecule has 0 fully saturated rings. The minimum absolute atomic E-state index is 0.0122. The molecule has 0 rings (SSSR count). The van der Waals surface area contributed by atoms with Crippen molar-refractivity contribution in [3.8, 4) is 0 Å². The maximum atomic E-state index is 12.4. The molecule has 2 atom stereocenters. The van der Waals surface area contributed by atoms with Gasteiger partial charge in [0.1, 0.15) is 0 Å². The van der Waals surface area contributed by atoms with E-state index in [0.29, 0.717) is 19.4 Å². The van der Waals surface area contributed by atoms with Crippen molar-refractivity contribution in [2.24, 2.45) is 0 Å². The van der Waals surface area contributed by atoms with Gasteiger partial charge < -0.3 is 20.3 Å². The van der Waals surface area contributed by atoms with Gasteiger partial charge in [-0.3, -0.25) is 9.59 Å². The van der Waals surface area contributed by atoms with Crippen molar-refractivity contribution >= 4 is 11.9 Å². The molecule has 0 saturated heterocycles. The minimum atomic E-state index is -0.855. The first-order valence-electron chi connectivity index (χ1n) is 29.3. The monoisotopic (exact) mass is 928 g/mol. The molecule has 0 aromatic rings. The zero-order chi connectivity index (χ0) is 47.9. The lowest BCUT2D eigenvalue weighted by atomic mass is 10.0. The molecule has 0 aliphatic rings. The molecule has 0 radical (unpaired) electrons. The SMILES string of the molecule is CCCCCCCCCCCCCC/C=C/C(O)C(CO)NC(=O)CCCCCCCCC/C=C\C/C=C\CCCCCOC(=O)CCCCCCCCCCCCCCCCCCCC. The summed E-state index contributed by atoms with van der Waals surface area (Å²) in [5.74, 6) is -0.0960. The number of hydrogen-bond acceptors (Lipinski definition) is 5. The highest BCUT2D eigenvalue weighted by Crippen LogP contribution is 2.17. The maximum Gasteiger partial charge on any atom is 0.305 e. The fourth-order valence-corrected chi connectivity index (χ4v) is 8.90. The molecular weight excluding hydrogens is 815 g/mol. The van der Waals surface area contributed by atoms with Crippen LogP contribution in [0.15, 0.2) is 36.5 Å². The van der Waals surface area contributed by atoms with Gasteiger partial charge >= 0.3 is 5.97 Å². The molecular formula is C60H113NO5. The Hall–Kier alpha value is -1.92. The summed E-state index contributed by atoms with van der Waals surface area (Å²) in [6.45, 7) is 4.87. The zero-order valence-corrected chi connectivity index (χ0v) is 44.2. The van der Waals surface area contributed by atoms with Crippen LogP contribution >= 0.6 is 0 Å². The Labute approximate surface area is 411 Å². The van der Waals surface area contributed by atoms with E-state index < -0.39 is 12.1 Å². The Balaban J connectivity index is 3.49. The van der Waals surface area contributed by atoms with Crippen molar-refractivity contribution < 1.29 is 24.5 Å². The van der Waals surface area contributed by atoms with Crippen LogP contribution in [-0.2, 0) is 14.3 Å². The average Bonchev–Trinajstić information content (AvgIpc) is 3.32. The van der Waals surface area contributed by atoms with Gasteiger partial charge in [0.25, 0.3) is 0 Å². The van der Waals surface area contributed by atoms with E-state index in [1.807, 2.05) is 6.08 Å². The molecule has 6 heteroatoms. The molecule has 0 aromatic heterocycles. The Bertz CT molecular complexity index is 1070. The second kappa shape index (κ2) is 55.7. The Morgan fingerprint density at radius 1 is 0.424 bits per heavy atom. The number of unbranched alkanes of at least 4 members (excludes halogenated alkanes) is 39. The van der Waals surface area contributed by atoms with E-state index in [4.69, 9.17) is 4.74 Å². The predicted octanol–water partition coefficient (Wildman–Crippen LogP) is 18.0. The number of esters is 1. The van der Waals surface area contributed by atoms with Crippen LogP contribution in [0.1, 0.15) is 309 Å². The van der Waals surface area contributed by atoms with Crippen LogP contribution in [0.25, 0.3) is 0 Å². The predicted molar refractivity (Wildman–Crippen MR) is 287 cm³/mol. The minimum Gasteiger partial charge on any atom is -0.466 e. The molecule has 3 N–H and O–H groups in total. The normalized spacial score (nSPS) is 12.8. The van der Waals surface area contributed by atoms with Crippen molar-refractivity contribution in [1.82, 2.24) is 5.32 Å². The second-order valence-corrected chi connectivity index (χ2v) is 20.0. The van der Waals surface area contributed by atoms with Gasteiger partial charge in [-0.25, -0.2) is 0 Å². The summed E-state index contributed by atoms with van der Waals surface area (Å²) in [7, 11) is 0. The highest BCUT2D eigenvalue weighted by atomic mass is 16.5. The molecule has 2 unspecified atom stereocenters. The van der Waals surface area contributed by atoms with Gasteiger partial charge in [0.05, 0.1) is 25.4 Å². The van der Waals surface area contributed by atoms with E-state index >= 15 is 0 Å². The average molecular weight is 929 g/mol. The van der Waals surface area contributed by atoms with Crippen molar-refractivity contribution in [3.05, 3.63) is 36.5 Å². The fraction of sp³-hybridized carbons (Fsp3) is 0.867. The molecule has 1 amide bonds.